The molecular weight excluding hydrogens is 444 g/mol. The molecule has 36 heavy (non-hydrogen) atoms. The van der Waals surface area contributed by atoms with Gasteiger partial charge in [-0.2, -0.15) is 4.98 Å². The van der Waals surface area contributed by atoms with Crippen molar-refractivity contribution in [3.8, 4) is 11.3 Å². The largest absolute Gasteiger partial charge is 0.328 e. The number of hydrogen-bond donors (Lipinski definition) is 1. The van der Waals surface area contributed by atoms with Crippen molar-refractivity contribution in [2.45, 2.75) is 50.6 Å². The first-order valence-corrected chi connectivity index (χ1v) is 13.0. The Morgan fingerprint density at radius 1 is 0.861 bits per heavy atom. The topological polar surface area (TPSA) is 71.2 Å². The zero-order valence-corrected chi connectivity index (χ0v) is 20.5. The van der Waals surface area contributed by atoms with Crippen molar-refractivity contribution in [2.24, 2.45) is 5.73 Å². The van der Waals surface area contributed by atoms with Crippen molar-refractivity contribution in [3.05, 3.63) is 90.8 Å². The molecule has 4 aromatic rings. The van der Waals surface area contributed by atoms with Crippen molar-refractivity contribution >= 4 is 23.1 Å². The van der Waals surface area contributed by atoms with Crippen LogP contribution in [0.25, 0.3) is 11.3 Å². The minimum atomic E-state index is 0.303. The Kier molecular flexibility index (Phi) is 6.35. The molecule has 0 bridgehead atoms. The Morgan fingerprint density at radius 2 is 1.61 bits per heavy atom. The lowest BCUT2D eigenvalue weighted by Crippen LogP contribution is -2.39. The summed E-state index contributed by atoms with van der Waals surface area (Å²) in [5, 5.41) is 0. The molecular formula is C30H32N6. The molecule has 0 spiro atoms. The van der Waals surface area contributed by atoms with Crippen LogP contribution in [0.3, 0.4) is 0 Å². The second-order valence-corrected chi connectivity index (χ2v) is 9.81. The van der Waals surface area contributed by atoms with Crippen molar-refractivity contribution in [3.63, 3.8) is 0 Å². The fraction of sp³-hybridized carbons (Fsp3) is 0.300. The van der Waals surface area contributed by atoms with Gasteiger partial charge in [0.25, 0.3) is 0 Å². The maximum atomic E-state index is 6.24. The summed E-state index contributed by atoms with van der Waals surface area (Å²) in [6.07, 6.45) is 10.2. The summed E-state index contributed by atoms with van der Waals surface area (Å²) in [6.45, 7) is 0.887. The number of benzene rings is 2. The minimum Gasteiger partial charge on any atom is -0.328 e. The minimum absolute atomic E-state index is 0.303. The van der Waals surface area contributed by atoms with Gasteiger partial charge in [0, 0.05) is 42.3 Å². The Balaban J connectivity index is 1.38. The number of nitrogens with two attached hydrogens (primary N) is 1. The van der Waals surface area contributed by atoms with Gasteiger partial charge in [-0.15, -0.1) is 0 Å². The number of aryl methyl sites for hydroxylation is 1. The van der Waals surface area contributed by atoms with Gasteiger partial charge in [0.05, 0.1) is 11.4 Å². The molecule has 6 heteroatoms. The summed E-state index contributed by atoms with van der Waals surface area (Å²) in [7, 11) is 0. The van der Waals surface area contributed by atoms with Gasteiger partial charge in [0.15, 0.2) is 0 Å². The smallest absolute Gasteiger partial charge is 0.231 e. The Hall–Kier alpha value is -3.77. The van der Waals surface area contributed by atoms with Crippen LogP contribution in [-0.2, 0) is 6.42 Å². The maximum absolute atomic E-state index is 6.24. The summed E-state index contributed by atoms with van der Waals surface area (Å²) in [5.74, 6) is 1.68. The fourth-order valence-corrected chi connectivity index (χ4v) is 5.52. The number of anilines is 4. The first-order valence-electron chi connectivity index (χ1n) is 13.0. The molecule has 3 heterocycles. The lowest BCUT2D eigenvalue weighted by atomic mass is 9.90. The Labute approximate surface area is 212 Å². The third-order valence-corrected chi connectivity index (χ3v) is 7.41. The lowest BCUT2D eigenvalue weighted by Gasteiger charge is -2.37. The van der Waals surface area contributed by atoms with Crippen LogP contribution < -0.4 is 15.5 Å². The van der Waals surface area contributed by atoms with E-state index in [4.69, 9.17) is 20.7 Å². The van der Waals surface area contributed by atoms with Crippen LogP contribution in [0.5, 0.6) is 0 Å². The molecule has 1 aliphatic carbocycles. The van der Waals surface area contributed by atoms with E-state index in [1.807, 2.05) is 24.5 Å². The van der Waals surface area contributed by atoms with Gasteiger partial charge in [-0.3, -0.25) is 4.98 Å². The van der Waals surface area contributed by atoms with E-state index >= 15 is 0 Å². The zero-order chi connectivity index (χ0) is 24.3. The summed E-state index contributed by atoms with van der Waals surface area (Å²) < 4.78 is 0. The van der Waals surface area contributed by atoms with E-state index in [1.54, 1.807) is 0 Å². The molecule has 1 fully saturated rings. The lowest BCUT2D eigenvalue weighted by molar-refractivity contribution is 0.390. The number of para-hydroxylation sites is 1. The highest BCUT2D eigenvalue weighted by molar-refractivity contribution is 5.71. The predicted octanol–water partition coefficient (Wildman–Crippen LogP) is 6.03. The average Bonchev–Trinajstić information content (AvgIpc) is 2.95. The van der Waals surface area contributed by atoms with Crippen LogP contribution >= 0.6 is 0 Å². The molecule has 0 radical (unpaired) electrons. The maximum Gasteiger partial charge on any atom is 0.231 e. The number of pyridine rings is 1. The SMILES string of the molecule is NC1CCC(N(c2ccccc2)c2ccnc(N3CCCc4cnc(-c5ccccc5)cc43)n2)CC1. The first kappa shape index (κ1) is 22.7. The summed E-state index contributed by atoms with van der Waals surface area (Å²) in [5.41, 5.74) is 11.9. The number of fused-ring (bicyclic) bond motifs is 1. The average molecular weight is 477 g/mol. The highest BCUT2D eigenvalue weighted by Crippen LogP contribution is 2.37. The van der Waals surface area contributed by atoms with Gasteiger partial charge >= 0.3 is 0 Å². The summed E-state index contributed by atoms with van der Waals surface area (Å²) in [4.78, 5) is 19.3. The van der Waals surface area contributed by atoms with Gasteiger partial charge in [0.1, 0.15) is 5.82 Å². The van der Waals surface area contributed by atoms with Crippen molar-refractivity contribution in [1.82, 2.24) is 15.0 Å². The molecule has 0 atom stereocenters. The van der Waals surface area contributed by atoms with E-state index in [1.165, 1.54) is 5.56 Å². The van der Waals surface area contributed by atoms with Crippen LogP contribution in [0.2, 0.25) is 0 Å². The molecule has 6 nitrogen and oxygen atoms in total. The van der Waals surface area contributed by atoms with Gasteiger partial charge in [-0.05, 0) is 68.4 Å². The van der Waals surface area contributed by atoms with Crippen LogP contribution in [-0.4, -0.2) is 33.6 Å². The summed E-state index contributed by atoms with van der Waals surface area (Å²) in [6, 6.07) is 25.8. The van der Waals surface area contributed by atoms with Crippen LogP contribution in [0.15, 0.2) is 85.2 Å². The Bertz CT molecular complexity index is 1300. The molecule has 0 saturated heterocycles. The van der Waals surface area contributed by atoms with Gasteiger partial charge in [0.2, 0.25) is 5.95 Å². The second kappa shape index (κ2) is 10.1. The number of nitrogens with zero attached hydrogens (tertiary/aromatic N) is 5. The van der Waals surface area contributed by atoms with Crippen LogP contribution in [0.4, 0.5) is 23.1 Å². The van der Waals surface area contributed by atoms with Crippen molar-refractivity contribution in [1.29, 1.82) is 0 Å². The van der Waals surface area contributed by atoms with Crippen molar-refractivity contribution < 1.29 is 0 Å². The molecule has 0 amide bonds. The van der Waals surface area contributed by atoms with E-state index in [-0.39, 0.29) is 0 Å². The van der Waals surface area contributed by atoms with Gasteiger partial charge in [-0.1, -0.05) is 48.5 Å². The summed E-state index contributed by atoms with van der Waals surface area (Å²) >= 11 is 0. The number of rotatable bonds is 5. The third-order valence-electron chi connectivity index (χ3n) is 7.41. The molecule has 2 aromatic heterocycles. The standard InChI is InChI=1S/C30H32N6/c31-24-13-15-26(16-14-24)36(25-11-5-2-6-12-25)29-17-18-32-30(34-29)35-19-7-10-23-21-33-27(20-28(23)35)22-8-3-1-4-9-22/h1-6,8-9,11-12,17-18,20-21,24,26H,7,10,13-16,19,31H2. The normalized spacial score (nSPS) is 19.5. The molecule has 0 unspecified atom stereocenters. The first-order chi connectivity index (χ1) is 17.8. The van der Waals surface area contributed by atoms with E-state index in [0.29, 0.717) is 12.1 Å². The van der Waals surface area contributed by atoms with E-state index in [9.17, 15) is 0 Å². The quantitative estimate of drug-likeness (QED) is 0.379. The molecule has 2 aromatic carbocycles. The van der Waals surface area contributed by atoms with Crippen molar-refractivity contribution in [2.75, 3.05) is 16.3 Å². The zero-order valence-electron chi connectivity index (χ0n) is 20.5. The Morgan fingerprint density at radius 3 is 2.39 bits per heavy atom. The second-order valence-electron chi connectivity index (χ2n) is 9.81. The fourth-order valence-electron chi connectivity index (χ4n) is 5.52. The van der Waals surface area contributed by atoms with Gasteiger partial charge < -0.3 is 15.5 Å². The molecule has 1 aliphatic heterocycles. The van der Waals surface area contributed by atoms with E-state index in [2.05, 4.69) is 70.5 Å². The third kappa shape index (κ3) is 4.56. The molecule has 6 rings (SSSR count). The molecule has 182 valence electrons. The highest BCUT2D eigenvalue weighted by Gasteiger charge is 2.28. The van der Waals surface area contributed by atoms with Crippen LogP contribution in [0.1, 0.15) is 37.7 Å². The monoisotopic (exact) mass is 476 g/mol. The number of hydrogen-bond acceptors (Lipinski definition) is 6. The molecule has 1 saturated carbocycles. The predicted molar refractivity (Wildman–Crippen MR) is 146 cm³/mol. The van der Waals surface area contributed by atoms with E-state index < -0.39 is 0 Å². The van der Waals surface area contributed by atoms with Gasteiger partial charge in [-0.25, -0.2) is 4.98 Å². The van der Waals surface area contributed by atoms with Crippen LogP contribution in [0, 0.1) is 0 Å². The van der Waals surface area contributed by atoms with E-state index in [0.717, 1.165) is 79.5 Å². The number of aromatic nitrogens is 3. The highest BCUT2D eigenvalue weighted by atomic mass is 15.3. The molecule has 2 aliphatic rings. The molecule has 2 N–H and O–H groups in total.